The summed E-state index contributed by atoms with van der Waals surface area (Å²) in [6.45, 7) is 1.90. The van der Waals surface area contributed by atoms with Gasteiger partial charge in [0.05, 0.1) is 11.5 Å². The van der Waals surface area contributed by atoms with Gasteiger partial charge in [0.15, 0.2) is 9.84 Å². The van der Waals surface area contributed by atoms with E-state index in [0.717, 1.165) is 11.4 Å². The first kappa shape index (κ1) is 12.1. The lowest BCUT2D eigenvalue weighted by Crippen LogP contribution is -2.22. The molecule has 0 bridgehead atoms. The van der Waals surface area contributed by atoms with Crippen molar-refractivity contribution in [3.63, 3.8) is 0 Å². The van der Waals surface area contributed by atoms with E-state index in [1.165, 1.54) is 6.33 Å². The lowest BCUT2D eigenvalue weighted by Gasteiger charge is -2.14. The highest BCUT2D eigenvalue weighted by Gasteiger charge is 2.28. The Balaban J connectivity index is 2.15. The molecule has 94 valence electrons. The molecule has 1 saturated heterocycles. The summed E-state index contributed by atoms with van der Waals surface area (Å²) in [5.41, 5.74) is 0.902. The second-order valence-electron chi connectivity index (χ2n) is 4.19. The van der Waals surface area contributed by atoms with Gasteiger partial charge in [-0.15, -0.1) is 0 Å². The van der Waals surface area contributed by atoms with Crippen LogP contribution in [-0.2, 0) is 9.84 Å². The zero-order valence-electron chi connectivity index (χ0n) is 9.90. The minimum atomic E-state index is -2.87. The summed E-state index contributed by atoms with van der Waals surface area (Å²) >= 11 is 0. The molecule has 1 fully saturated rings. The number of rotatable bonds is 3. The molecule has 2 N–H and O–H groups in total. The Morgan fingerprint density at radius 2 is 2.06 bits per heavy atom. The first-order chi connectivity index (χ1) is 8.02. The lowest BCUT2D eigenvalue weighted by molar-refractivity contribution is 0.602. The van der Waals surface area contributed by atoms with E-state index < -0.39 is 9.84 Å². The van der Waals surface area contributed by atoms with Crippen LogP contribution in [0.4, 0.5) is 11.6 Å². The molecule has 1 aliphatic rings. The fourth-order valence-electron chi connectivity index (χ4n) is 1.95. The van der Waals surface area contributed by atoms with Crippen LogP contribution >= 0.6 is 0 Å². The molecule has 2 rings (SSSR count). The van der Waals surface area contributed by atoms with Crippen LogP contribution < -0.4 is 10.6 Å². The number of nitrogens with zero attached hydrogens (tertiary/aromatic N) is 2. The zero-order valence-corrected chi connectivity index (χ0v) is 10.7. The lowest BCUT2D eigenvalue weighted by atomic mass is 10.2. The minimum absolute atomic E-state index is 0.0432. The van der Waals surface area contributed by atoms with Crippen LogP contribution in [0.1, 0.15) is 12.0 Å². The topological polar surface area (TPSA) is 84.0 Å². The third-order valence-corrected chi connectivity index (χ3v) is 4.66. The van der Waals surface area contributed by atoms with Crippen molar-refractivity contribution in [2.75, 3.05) is 29.2 Å². The van der Waals surface area contributed by atoms with Crippen molar-refractivity contribution in [3.05, 3.63) is 11.9 Å². The normalized spacial score (nSPS) is 22.4. The number of aromatic nitrogens is 2. The molecule has 0 aliphatic carbocycles. The summed E-state index contributed by atoms with van der Waals surface area (Å²) in [6, 6.07) is -0.0432. The van der Waals surface area contributed by atoms with Crippen LogP contribution in [0.5, 0.6) is 0 Å². The van der Waals surface area contributed by atoms with Gasteiger partial charge in [-0.3, -0.25) is 0 Å². The Kier molecular flexibility index (Phi) is 3.19. The molecule has 0 saturated carbocycles. The van der Waals surface area contributed by atoms with Crippen molar-refractivity contribution in [2.45, 2.75) is 19.4 Å². The van der Waals surface area contributed by atoms with Crippen molar-refractivity contribution < 1.29 is 8.42 Å². The quantitative estimate of drug-likeness (QED) is 0.815. The SMILES string of the molecule is CNc1ncnc(NC2CCS(=O)(=O)C2)c1C. The van der Waals surface area contributed by atoms with Crippen LogP contribution in [0.2, 0.25) is 0 Å². The van der Waals surface area contributed by atoms with Gasteiger partial charge < -0.3 is 10.6 Å². The van der Waals surface area contributed by atoms with Crippen LogP contribution in [-0.4, -0.2) is 43.0 Å². The molecule has 7 heteroatoms. The van der Waals surface area contributed by atoms with Gasteiger partial charge in [0.2, 0.25) is 0 Å². The summed E-state index contributed by atoms with van der Waals surface area (Å²) in [7, 11) is -1.07. The van der Waals surface area contributed by atoms with Crippen LogP contribution in [0.25, 0.3) is 0 Å². The molecule has 1 aromatic heterocycles. The number of anilines is 2. The zero-order chi connectivity index (χ0) is 12.5. The molecular formula is C10H16N4O2S. The molecule has 0 amide bonds. The van der Waals surface area contributed by atoms with E-state index in [0.29, 0.717) is 12.2 Å². The summed E-state index contributed by atoms with van der Waals surface area (Å²) in [4.78, 5) is 8.22. The van der Waals surface area contributed by atoms with E-state index in [1.54, 1.807) is 7.05 Å². The largest absolute Gasteiger partial charge is 0.373 e. The van der Waals surface area contributed by atoms with E-state index >= 15 is 0 Å². The molecule has 0 radical (unpaired) electrons. The third kappa shape index (κ3) is 2.66. The van der Waals surface area contributed by atoms with Gasteiger partial charge in [-0.1, -0.05) is 0 Å². The van der Waals surface area contributed by atoms with E-state index in [9.17, 15) is 8.42 Å². The molecule has 2 heterocycles. The standard InChI is InChI=1S/C10H16N4O2S/c1-7-9(11-2)12-6-13-10(7)14-8-3-4-17(15,16)5-8/h6,8H,3-5H2,1-2H3,(H2,11,12,13,14). The van der Waals surface area contributed by atoms with Crippen molar-refractivity contribution in [3.8, 4) is 0 Å². The first-order valence-corrected chi connectivity index (χ1v) is 7.30. The molecule has 1 aromatic rings. The average Bonchev–Trinajstić information content (AvgIpc) is 2.61. The smallest absolute Gasteiger partial charge is 0.152 e. The van der Waals surface area contributed by atoms with Crippen molar-refractivity contribution >= 4 is 21.5 Å². The van der Waals surface area contributed by atoms with E-state index in [2.05, 4.69) is 20.6 Å². The van der Waals surface area contributed by atoms with Gasteiger partial charge in [-0.05, 0) is 13.3 Å². The predicted octanol–water partition coefficient (Wildman–Crippen LogP) is 0.426. The summed E-state index contributed by atoms with van der Waals surface area (Å²) in [6.07, 6.45) is 2.10. The highest BCUT2D eigenvalue weighted by Crippen LogP contribution is 2.21. The van der Waals surface area contributed by atoms with E-state index in [-0.39, 0.29) is 17.5 Å². The monoisotopic (exact) mass is 256 g/mol. The molecule has 1 aliphatic heterocycles. The predicted molar refractivity (Wildman–Crippen MR) is 67.0 cm³/mol. The molecule has 6 nitrogen and oxygen atoms in total. The number of hydrogen-bond acceptors (Lipinski definition) is 6. The summed E-state index contributed by atoms with van der Waals surface area (Å²) < 4.78 is 22.7. The third-order valence-electron chi connectivity index (χ3n) is 2.89. The molecule has 1 atom stereocenters. The Morgan fingerprint density at radius 1 is 1.35 bits per heavy atom. The molecule has 0 spiro atoms. The maximum atomic E-state index is 11.4. The maximum absolute atomic E-state index is 11.4. The van der Waals surface area contributed by atoms with Gasteiger partial charge in [-0.25, -0.2) is 18.4 Å². The van der Waals surface area contributed by atoms with Crippen molar-refractivity contribution in [1.29, 1.82) is 0 Å². The fraction of sp³-hybridized carbons (Fsp3) is 0.600. The number of nitrogens with one attached hydrogen (secondary N) is 2. The van der Waals surface area contributed by atoms with Crippen LogP contribution in [0.15, 0.2) is 6.33 Å². The summed E-state index contributed by atoms with van der Waals surface area (Å²) in [5, 5.41) is 6.14. The van der Waals surface area contributed by atoms with Crippen LogP contribution in [0.3, 0.4) is 0 Å². The van der Waals surface area contributed by atoms with Gasteiger partial charge in [0.1, 0.15) is 18.0 Å². The Hall–Kier alpha value is -1.37. The van der Waals surface area contributed by atoms with Crippen LogP contribution in [0, 0.1) is 6.92 Å². The second kappa shape index (κ2) is 4.48. The van der Waals surface area contributed by atoms with Gasteiger partial charge in [0, 0.05) is 18.7 Å². The first-order valence-electron chi connectivity index (χ1n) is 5.48. The average molecular weight is 256 g/mol. The molecule has 1 unspecified atom stereocenters. The Bertz CT molecular complexity index is 515. The highest BCUT2D eigenvalue weighted by molar-refractivity contribution is 7.91. The van der Waals surface area contributed by atoms with Gasteiger partial charge >= 0.3 is 0 Å². The van der Waals surface area contributed by atoms with Crippen molar-refractivity contribution in [1.82, 2.24) is 9.97 Å². The maximum Gasteiger partial charge on any atom is 0.152 e. The van der Waals surface area contributed by atoms with Gasteiger partial charge in [-0.2, -0.15) is 0 Å². The van der Waals surface area contributed by atoms with E-state index in [1.807, 2.05) is 6.92 Å². The Labute approximate surface area is 101 Å². The van der Waals surface area contributed by atoms with Crippen molar-refractivity contribution in [2.24, 2.45) is 0 Å². The Morgan fingerprint density at radius 3 is 2.65 bits per heavy atom. The summed E-state index contributed by atoms with van der Waals surface area (Å²) in [5.74, 6) is 1.90. The second-order valence-corrected chi connectivity index (χ2v) is 6.42. The highest BCUT2D eigenvalue weighted by atomic mass is 32.2. The minimum Gasteiger partial charge on any atom is -0.373 e. The van der Waals surface area contributed by atoms with Gasteiger partial charge in [0.25, 0.3) is 0 Å². The molecule has 17 heavy (non-hydrogen) atoms. The number of hydrogen-bond donors (Lipinski definition) is 2. The fourth-order valence-corrected chi connectivity index (χ4v) is 3.62. The molecular weight excluding hydrogens is 240 g/mol. The van der Waals surface area contributed by atoms with E-state index in [4.69, 9.17) is 0 Å². The molecule has 0 aromatic carbocycles. The number of sulfone groups is 1.